The summed E-state index contributed by atoms with van der Waals surface area (Å²) in [5, 5.41) is 6.00. The standard InChI is InChI=1S/C21H31N3O4/c1-27-17-9-7-16(8-10-17)15-23-21(26)24-12-4-13-28-14-11-22-20(25)18-5-2-3-6-19(18)24/h7-10,18-19H,2-6,11-15H2,1H3,(H,22,25)(H,23,26)/t18-,19+/m1/s1. The number of nitrogens with zero attached hydrogens (tertiary/aromatic N) is 1. The summed E-state index contributed by atoms with van der Waals surface area (Å²) in [5.41, 5.74) is 1.01. The molecule has 1 aromatic carbocycles. The molecule has 2 fully saturated rings. The Bertz CT molecular complexity index is 650. The van der Waals surface area contributed by atoms with Crippen molar-refractivity contribution in [1.82, 2.24) is 15.5 Å². The van der Waals surface area contributed by atoms with Gasteiger partial charge in [-0.1, -0.05) is 25.0 Å². The Balaban J connectivity index is 1.68. The van der Waals surface area contributed by atoms with Crippen LogP contribution in [0.5, 0.6) is 5.75 Å². The fourth-order valence-corrected chi connectivity index (χ4v) is 4.05. The SMILES string of the molecule is COc1ccc(CNC(=O)N2CCCOCCNC(=O)[C@@H]3CCCC[C@@H]32)cc1. The second kappa shape index (κ2) is 10.3. The molecule has 1 aliphatic carbocycles. The Morgan fingerprint density at radius 3 is 2.79 bits per heavy atom. The van der Waals surface area contributed by atoms with Crippen LogP contribution in [0.2, 0.25) is 0 Å². The lowest BCUT2D eigenvalue weighted by atomic mass is 9.82. The molecule has 0 spiro atoms. The number of nitrogens with one attached hydrogen (secondary N) is 2. The van der Waals surface area contributed by atoms with E-state index < -0.39 is 0 Å². The molecular formula is C21H31N3O4. The Morgan fingerprint density at radius 1 is 1.21 bits per heavy atom. The quantitative estimate of drug-likeness (QED) is 0.831. The van der Waals surface area contributed by atoms with Crippen LogP contribution in [0.25, 0.3) is 0 Å². The van der Waals surface area contributed by atoms with Crippen LogP contribution in [-0.2, 0) is 16.1 Å². The van der Waals surface area contributed by atoms with Gasteiger partial charge < -0.3 is 25.0 Å². The summed E-state index contributed by atoms with van der Waals surface area (Å²) in [6, 6.07) is 7.48. The van der Waals surface area contributed by atoms with Gasteiger partial charge in [-0.3, -0.25) is 4.79 Å². The summed E-state index contributed by atoms with van der Waals surface area (Å²) in [5.74, 6) is 0.694. The maximum absolute atomic E-state index is 13.0. The number of carbonyl (C=O) groups excluding carboxylic acids is 2. The molecule has 1 saturated carbocycles. The van der Waals surface area contributed by atoms with Crippen molar-refractivity contribution in [2.75, 3.05) is 33.4 Å². The van der Waals surface area contributed by atoms with Crippen molar-refractivity contribution in [3.63, 3.8) is 0 Å². The minimum absolute atomic E-state index is 0.0446. The first-order valence-electron chi connectivity index (χ1n) is 10.2. The monoisotopic (exact) mass is 389 g/mol. The molecule has 0 unspecified atom stereocenters. The molecular weight excluding hydrogens is 358 g/mol. The van der Waals surface area contributed by atoms with Crippen molar-refractivity contribution in [2.24, 2.45) is 5.92 Å². The van der Waals surface area contributed by atoms with E-state index >= 15 is 0 Å². The van der Waals surface area contributed by atoms with E-state index in [1.165, 1.54) is 0 Å². The first kappa shape index (κ1) is 20.5. The van der Waals surface area contributed by atoms with Crippen molar-refractivity contribution in [3.8, 4) is 5.75 Å². The second-order valence-corrected chi connectivity index (χ2v) is 7.42. The van der Waals surface area contributed by atoms with E-state index in [9.17, 15) is 9.59 Å². The molecule has 1 heterocycles. The second-order valence-electron chi connectivity index (χ2n) is 7.42. The molecule has 0 radical (unpaired) electrons. The predicted molar refractivity (Wildman–Crippen MR) is 106 cm³/mol. The number of hydrogen-bond acceptors (Lipinski definition) is 4. The average molecular weight is 389 g/mol. The van der Waals surface area contributed by atoms with E-state index in [1.807, 2.05) is 29.2 Å². The summed E-state index contributed by atoms with van der Waals surface area (Å²) in [6.07, 6.45) is 4.56. The largest absolute Gasteiger partial charge is 0.497 e. The van der Waals surface area contributed by atoms with Gasteiger partial charge in [0.2, 0.25) is 5.91 Å². The zero-order chi connectivity index (χ0) is 19.8. The van der Waals surface area contributed by atoms with Crippen LogP contribution < -0.4 is 15.4 Å². The molecule has 1 aliphatic heterocycles. The van der Waals surface area contributed by atoms with Crippen LogP contribution in [0.1, 0.15) is 37.7 Å². The van der Waals surface area contributed by atoms with Gasteiger partial charge in [0, 0.05) is 32.3 Å². The molecule has 1 saturated heterocycles. The molecule has 0 bridgehead atoms. The Hall–Kier alpha value is -2.28. The number of methoxy groups -OCH3 is 1. The summed E-state index contributed by atoms with van der Waals surface area (Å²) < 4.78 is 10.7. The van der Waals surface area contributed by atoms with Crippen molar-refractivity contribution in [3.05, 3.63) is 29.8 Å². The van der Waals surface area contributed by atoms with Gasteiger partial charge >= 0.3 is 6.03 Å². The zero-order valence-electron chi connectivity index (χ0n) is 16.6. The summed E-state index contributed by atoms with van der Waals surface area (Å²) in [4.78, 5) is 27.5. The first-order valence-corrected chi connectivity index (χ1v) is 10.2. The van der Waals surface area contributed by atoms with Gasteiger partial charge in [-0.05, 0) is 37.0 Å². The highest BCUT2D eigenvalue weighted by Crippen LogP contribution is 2.29. The molecule has 3 amide bonds. The molecule has 0 aromatic heterocycles. The highest BCUT2D eigenvalue weighted by atomic mass is 16.5. The molecule has 154 valence electrons. The van der Waals surface area contributed by atoms with Crippen molar-refractivity contribution >= 4 is 11.9 Å². The molecule has 2 N–H and O–H groups in total. The smallest absolute Gasteiger partial charge is 0.317 e. The van der Waals surface area contributed by atoms with E-state index in [1.54, 1.807) is 7.11 Å². The van der Waals surface area contributed by atoms with Crippen LogP contribution in [0, 0.1) is 5.92 Å². The highest BCUT2D eigenvalue weighted by molar-refractivity contribution is 5.81. The fourth-order valence-electron chi connectivity index (χ4n) is 4.05. The molecule has 7 heteroatoms. The number of benzene rings is 1. The molecule has 2 aliphatic rings. The Kier molecular flexibility index (Phi) is 7.54. The van der Waals surface area contributed by atoms with Crippen LogP contribution >= 0.6 is 0 Å². The summed E-state index contributed by atoms with van der Waals surface area (Å²) in [6.45, 7) is 2.69. The number of fused-ring (bicyclic) bond motifs is 1. The lowest BCUT2D eigenvalue weighted by Gasteiger charge is -2.39. The lowest BCUT2D eigenvalue weighted by molar-refractivity contribution is -0.128. The summed E-state index contributed by atoms with van der Waals surface area (Å²) in [7, 11) is 1.63. The van der Waals surface area contributed by atoms with Crippen molar-refractivity contribution < 1.29 is 19.1 Å². The normalized spacial score (nSPS) is 23.8. The van der Waals surface area contributed by atoms with Gasteiger partial charge in [0.15, 0.2) is 0 Å². The molecule has 1 aromatic rings. The average Bonchev–Trinajstić information content (AvgIpc) is 2.77. The van der Waals surface area contributed by atoms with E-state index in [4.69, 9.17) is 9.47 Å². The van der Waals surface area contributed by atoms with Gasteiger partial charge in [0.05, 0.1) is 19.6 Å². The van der Waals surface area contributed by atoms with Crippen molar-refractivity contribution in [2.45, 2.75) is 44.7 Å². The van der Waals surface area contributed by atoms with E-state index in [0.29, 0.717) is 32.8 Å². The third-order valence-electron chi connectivity index (χ3n) is 5.56. The minimum Gasteiger partial charge on any atom is -0.497 e. The molecule has 3 rings (SSSR count). The zero-order valence-corrected chi connectivity index (χ0v) is 16.6. The third kappa shape index (κ3) is 5.38. The molecule has 2 atom stereocenters. The number of carbonyl (C=O) groups is 2. The van der Waals surface area contributed by atoms with Crippen LogP contribution in [-0.4, -0.2) is 56.3 Å². The minimum atomic E-state index is -0.140. The Morgan fingerprint density at radius 2 is 2.00 bits per heavy atom. The van der Waals surface area contributed by atoms with E-state index in [0.717, 1.165) is 43.4 Å². The number of hydrogen-bond donors (Lipinski definition) is 2. The predicted octanol–water partition coefficient (Wildman–Crippen LogP) is 2.30. The van der Waals surface area contributed by atoms with Crippen LogP contribution in [0.15, 0.2) is 24.3 Å². The maximum atomic E-state index is 13.0. The fraction of sp³-hybridized carbons (Fsp3) is 0.619. The number of amides is 3. The van der Waals surface area contributed by atoms with Crippen LogP contribution in [0.4, 0.5) is 4.79 Å². The van der Waals surface area contributed by atoms with Gasteiger partial charge in [0.1, 0.15) is 5.75 Å². The maximum Gasteiger partial charge on any atom is 0.317 e. The topological polar surface area (TPSA) is 79.9 Å². The van der Waals surface area contributed by atoms with Gasteiger partial charge in [-0.2, -0.15) is 0 Å². The van der Waals surface area contributed by atoms with E-state index in [-0.39, 0.29) is 23.9 Å². The summed E-state index contributed by atoms with van der Waals surface area (Å²) >= 11 is 0. The number of rotatable bonds is 3. The van der Waals surface area contributed by atoms with E-state index in [2.05, 4.69) is 10.6 Å². The van der Waals surface area contributed by atoms with Crippen LogP contribution in [0.3, 0.4) is 0 Å². The van der Waals surface area contributed by atoms with Crippen molar-refractivity contribution in [1.29, 1.82) is 0 Å². The van der Waals surface area contributed by atoms with Gasteiger partial charge in [-0.15, -0.1) is 0 Å². The molecule has 7 nitrogen and oxygen atoms in total. The lowest BCUT2D eigenvalue weighted by Crippen LogP contribution is -2.53. The first-order chi connectivity index (χ1) is 13.7. The van der Waals surface area contributed by atoms with Gasteiger partial charge in [-0.25, -0.2) is 4.79 Å². The Labute approximate surface area is 166 Å². The number of urea groups is 1. The highest BCUT2D eigenvalue weighted by Gasteiger charge is 2.37. The van der Waals surface area contributed by atoms with Gasteiger partial charge in [0.25, 0.3) is 0 Å². The third-order valence-corrected chi connectivity index (χ3v) is 5.56. The molecule has 28 heavy (non-hydrogen) atoms. The number of ether oxygens (including phenoxy) is 2.